The van der Waals surface area contributed by atoms with E-state index in [9.17, 15) is 14.7 Å². The molecule has 1 aliphatic heterocycles. The average Bonchev–Trinajstić information content (AvgIpc) is 2.74. The van der Waals surface area contributed by atoms with Gasteiger partial charge in [0.05, 0.1) is 23.6 Å². The number of fused-ring (bicyclic) bond motifs is 2. The molecule has 1 N–H and O–H groups in total. The normalized spacial score (nSPS) is 18.3. The number of hydrogen-bond donors (Lipinski definition) is 1. The minimum absolute atomic E-state index is 0.0127. The van der Waals surface area contributed by atoms with Gasteiger partial charge in [0.2, 0.25) is 0 Å². The number of para-hydroxylation sites is 1. The molecule has 1 atom stereocenters. The van der Waals surface area contributed by atoms with E-state index in [1.165, 1.54) is 15.7 Å². The molecular formula is C24H31N3O3. The van der Waals surface area contributed by atoms with Crippen LogP contribution in [0, 0.1) is 5.92 Å². The Labute approximate surface area is 176 Å². The summed E-state index contributed by atoms with van der Waals surface area (Å²) < 4.78 is 2.88. The summed E-state index contributed by atoms with van der Waals surface area (Å²) in [5.74, 6) is 0.265. The molecule has 6 nitrogen and oxygen atoms in total. The van der Waals surface area contributed by atoms with Gasteiger partial charge in [-0.05, 0) is 48.5 Å². The molecule has 1 aromatic carbocycles. The van der Waals surface area contributed by atoms with Crippen molar-refractivity contribution in [3.05, 3.63) is 68.4 Å². The van der Waals surface area contributed by atoms with Gasteiger partial charge < -0.3 is 5.11 Å². The molecule has 2 heterocycles. The maximum atomic E-state index is 13.1. The molecule has 6 heteroatoms. The minimum atomic E-state index is -0.779. The van der Waals surface area contributed by atoms with Crippen LogP contribution in [0.1, 0.15) is 33.1 Å². The lowest BCUT2D eigenvalue weighted by molar-refractivity contribution is 0.0975. The third-order valence-electron chi connectivity index (χ3n) is 5.99. The lowest BCUT2D eigenvalue weighted by atomic mass is 9.91. The smallest absolute Gasteiger partial charge is 0.331 e. The number of aliphatic hydroxyl groups excluding tert-OH is 1. The van der Waals surface area contributed by atoms with Gasteiger partial charge in [0.15, 0.2) is 0 Å². The van der Waals surface area contributed by atoms with E-state index in [4.69, 9.17) is 0 Å². The molecule has 30 heavy (non-hydrogen) atoms. The summed E-state index contributed by atoms with van der Waals surface area (Å²) in [5, 5.41) is 11.3. The van der Waals surface area contributed by atoms with Crippen LogP contribution >= 0.6 is 0 Å². The standard InChI is InChI=1S/C24H31N3O3/c1-17(2)13-26-22-10-6-5-9-21(22)23(29)27(24(26)30)16-20(28)15-25-12-11-18-7-3-4-8-19(18)14-25/h5-10,17,20,28H,3-4,11-16H2,1-2H3/t20-/m0/s1. The van der Waals surface area contributed by atoms with Gasteiger partial charge in [-0.3, -0.25) is 18.8 Å². The van der Waals surface area contributed by atoms with Gasteiger partial charge in [0.1, 0.15) is 0 Å². The highest BCUT2D eigenvalue weighted by molar-refractivity contribution is 5.77. The first-order valence-electron chi connectivity index (χ1n) is 10.9. The van der Waals surface area contributed by atoms with Crippen LogP contribution in [0.3, 0.4) is 0 Å². The summed E-state index contributed by atoms with van der Waals surface area (Å²) in [6.07, 6.45) is 7.04. The highest BCUT2D eigenvalue weighted by Gasteiger charge is 2.23. The zero-order chi connectivity index (χ0) is 21.3. The molecule has 0 radical (unpaired) electrons. The maximum absolute atomic E-state index is 13.1. The van der Waals surface area contributed by atoms with E-state index < -0.39 is 6.10 Å². The van der Waals surface area contributed by atoms with E-state index in [1.807, 2.05) is 32.0 Å². The number of allylic oxidation sites excluding steroid dienone is 2. The van der Waals surface area contributed by atoms with Crippen LogP contribution in [0.15, 0.2) is 57.2 Å². The number of aliphatic hydroxyl groups is 1. The highest BCUT2D eigenvalue weighted by Crippen LogP contribution is 2.27. The first kappa shape index (κ1) is 20.8. The zero-order valence-electron chi connectivity index (χ0n) is 17.9. The largest absolute Gasteiger partial charge is 0.390 e. The van der Waals surface area contributed by atoms with E-state index in [0.29, 0.717) is 24.0 Å². The Balaban J connectivity index is 1.57. The second-order valence-corrected chi connectivity index (χ2v) is 8.89. The van der Waals surface area contributed by atoms with Gasteiger partial charge in [0, 0.05) is 26.2 Å². The van der Waals surface area contributed by atoms with Crippen LogP contribution < -0.4 is 11.2 Å². The summed E-state index contributed by atoms with van der Waals surface area (Å²) in [6.45, 7) is 6.81. The molecule has 0 bridgehead atoms. The molecule has 1 aromatic heterocycles. The summed E-state index contributed by atoms with van der Waals surface area (Å²) in [7, 11) is 0. The Hall–Kier alpha value is -2.44. The van der Waals surface area contributed by atoms with Crippen LogP contribution in [0.4, 0.5) is 0 Å². The van der Waals surface area contributed by atoms with Crippen molar-refractivity contribution in [1.29, 1.82) is 0 Å². The third kappa shape index (κ3) is 4.20. The van der Waals surface area contributed by atoms with Crippen molar-refractivity contribution in [2.24, 2.45) is 5.92 Å². The van der Waals surface area contributed by atoms with Gasteiger partial charge in [-0.1, -0.05) is 38.1 Å². The SMILES string of the molecule is CC(C)Cn1c(=O)n(C[C@@H](O)CN2CCC3=CCCC=C3C2)c(=O)c2ccccc21. The molecule has 1 aliphatic carbocycles. The van der Waals surface area contributed by atoms with E-state index in [0.717, 1.165) is 32.4 Å². The van der Waals surface area contributed by atoms with Crippen LogP contribution in [-0.2, 0) is 13.1 Å². The van der Waals surface area contributed by atoms with Gasteiger partial charge >= 0.3 is 5.69 Å². The number of hydrogen-bond acceptors (Lipinski definition) is 4. The Morgan fingerprint density at radius 1 is 0.967 bits per heavy atom. The van der Waals surface area contributed by atoms with Crippen molar-refractivity contribution in [3.63, 3.8) is 0 Å². The summed E-state index contributed by atoms with van der Waals surface area (Å²) in [6, 6.07) is 7.23. The highest BCUT2D eigenvalue weighted by atomic mass is 16.3. The van der Waals surface area contributed by atoms with Crippen molar-refractivity contribution < 1.29 is 5.11 Å². The molecule has 0 saturated carbocycles. The summed E-state index contributed by atoms with van der Waals surface area (Å²) in [4.78, 5) is 28.4. The first-order chi connectivity index (χ1) is 14.4. The van der Waals surface area contributed by atoms with Gasteiger partial charge in [-0.15, -0.1) is 0 Å². The monoisotopic (exact) mass is 409 g/mol. The maximum Gasteiger partial charge on any atom is 0.331 e. The second kappa shape index (κ2) is 8.74. The number of β-amino-alcohol motifs (C(OH)–C–C–N with tert-alkyl or cyclic N) is 1. The number of likely N-dealkylation sites (tertiary alicyclic amines) is 1. The molecule has 0 unspecified atom stereocenters. The Kier molecular flexibility index (Phi) is 6.06. The fourth-order valence-electron chi connectivity index (χ4n) is 4.60. The second-order valence-electron chi connectivity index (χ2n) is 8.89. The molecule has 1 fully saturated rings. The number of aromatic nitrogens is 2. The lowest BCUT2D eigenvalue weighted by Crippen LogP contribution is -2.46. The average molecular weight is 410 g/mol. The van der Waals surface area contributed by atoms with Crippen LogP contribution in [0.2, 0.25) is 0 Å². The molecule has 1 saturated heterocycles. The molecular weight excluding hydrogens is 378 g/mol. The predicted octanol–water partition coefficient (Wildman–Crippen LogP) is 2.53. The molecule has 2 aromatic rings. The van der Waals surface area contributed by atoms with Crippen LogP contribution in [0.25, 0.3) is 10.9 Å². The molecule has 2 aliphatic rings. The quantitative estimate of drug-likeness (QED) is 0.796. The van der Waals surface area contributed by atoms with Crippen LogP contribution in [0.5, 0.6) is 0 Å². The zero-order valence-corrected chi connectivity index (χ0v) is 17.9. The van der Waals surface area contributed by atoms with Gasteiger partial charge in [-0.25, -0.2) is 4.79 Å². The lowest BCUT2D eigenvalue weighted by Gasteiger charge is -2.33. The number of benzene rings is 1. The number of piperidine rings is 1. The van der Waals surface area contributed by atoms with Crippen LogP contribution in [-0.4, -0.2) is 44.9 Å². The van der Waals surface area contributed by atoms with Gasteiger partial charge in [-0.2, -0.15) is 0 Å². The van der Waals surface area contributed by atoms with Crippen molar-refractivity contribution >= 4 is 10.9 Å². The topological polar surface area (TPSA) is 67.5 Å². The summed E-state index contributed by atoms with van der Waals surface area (Å²) >= 11 is 0. The van der Waals surface area contributed by atoms with E-state index >= 15 is 0 Å². The van der Waals surface area contributed by atoms with Crippen molar-refractivity contribution in [2.75, 3.05) is 19.6 Å². The molecule has 4 rings (SSSR count). The molecule has 160 valence electrons. The fourth-order valence-corrected chi connectivity index (χ4v) is 4.60. The fraction of sp³-hybridized carbons (Fsp3) is 0.500. The minimum Gasteiger partial charge on any atom is -0.390 e. The first-order valence-corrected chi connectivity index (χ1v) is 10.9. The van der Waals surface area contributed by atoms with Gasteiger partial charge in [0.25, 0.3) is 5.56 Å². The third-order valence-corrected chi connectivity index (χ3v) is 5.99. The Morgan fingerprint density at radius 2 is 1.70 bits per heavy atom. The van der Waals surface area contributed by atoms with Crippen molar-refractivity contribution in [3.8, 4) is 0 Å². The number of rotatable bonds is 6. The summed E-state index contributed by atoms with van der Waals surface area (Å²) in [5.41, 5.74) is 2.79. The van der Waals surface area contributed by atoms with E-state index in [1.54, 1.807) is 10.6 Å². The van der Waals surface area contributed by atoms with Crippen molar-refractivity contribution in [2.45, 2.75) is 52.3 Å². The molecule has 0 amide bonds. The Morgan fingerprint density at radius 3 is 2.47 bits per heavy atom. The predicted molar refractivity (Wildman–Crippen MR) is 120 cm³/mol. The van der Waals surface area contributed by atoms with E-state index in [-0.39, 0.29) is 23.7 Å². The number of nitrogens with zero attached hydrogens (tertiary/aromatic N) is 3. The van der Waals surface area contributed by atoms with E-state index in [2.05, 4.69) is 17.1 Å². The molecule has 0 spiro atoms. The van der Waals surface area contributed by atoms with Crippen molar-refractivity contribution in [1.82, 2.24) is 14.0 Å². The Bertz CT molecular complexity index is 1110.